The number of hydrogen-bond acceptors (Lipinski definition) is 5. The molecule has 2 heterocycles. The normalized spacial score (nSPS) is 21.2. The van der Waals surface area contributed by atoms with Gasteiger partial charge in [0, 0.05) is 13.0 Å². The highest BCUT2D eigenvalue weighted by Gasteiger charge is 2.45. The Balaban J connectivity index is 1.71. The predicted molar refractivity (Wildman–Crippen MR) is 97.3 cm³/mol. The Bertz CT molecular complexity index is 851. The standard InChI is InChI=1S/C21H21NO5/c1-25-21(24)16-12-19(23)22(13-14-5-3-2-4-6-14)20(16)15-7-8-17-18(11-15)27-10-9-26-17/h2-8,11,16,20H,9-10,12-13H2,1H3/t16-,20?/m1/s1. The van der Waals surface area contributed by atoms with E-state index < -0.39 is 12.0 Å². The Morgan fingerprint density at radius 1 is 1.11 bits per heavy atom. The molecule has 4 rings (SSSR count). The summed E-state index contributed by atoms with van der Waals surface area (Å²) >= 11 is 0. The third-order valence-electron chi connectivity index (χ3n) is 5.04. The van der Waals surface area contributed by atoms with Crippen LogP contribution in [0.15, 0.2) is 48.5 Å². The van der Waals surface area contributed by atoms with Gasteiger partial charge in [-0.15, -0.1) is 0 Å². The van der Waals surface area contributed by atoms with E-state index in [4.69, 9.17) is 14.2 Å². The molecule has 2 aromatic rings. The lowest BCUT2D eigenvalue weighted by molar-refractivity contribution is -0.146. The quantitative estimate of drug-likeness (QED) is 0.778. The lowest BCUT2D eigenvalue weighted by atomic mass is 9.93. The lowest BCUT2D eigenvalue weighted by Gasteiger charge is -2.29. The highest BCUT2D eigenvalue weighted by molar-refractivity contribution is 5.88. The van der Waals surface area contributed by atoms with Gasteiger partial charge in [-0.25, -0.2) is 0 Å². The smallest absolute Gasteiger partial charge is 0.311 e. The Labute approximate surface area is 157 Å². The Morgan fingerprint density at radius 3 is 2.59 bits per heavy atom. The van der Waals surface area contributed by atoms with Gasteiger partial charge in [-0.2, -0.15) is 0 Å². The van der Waals surface area contributed by atoms with Crippen molar-refractivity contribution in [1.82, 2.24) is 4.90 Å². The van der Waals surface area contributed by atoms with Crippen LogP contribution in [0.1, 0.15) is 23.6 Å². The van der Waals surface area contributed by atoms with Crippen LogP contribution in [0.5, 0.6) is 11.5 Å². The fourth-order valence-corrected chi connectivity index (χ4v) is 3.78. The van der Waals surface area contributed by atoms with Crippen LogP contribution in [0, 0.1) is 5.92 Å². The summed E-state index contributed by atoms with van der Waals surface area (Å²) in [5.41, 5.74) is 1.86. The second kappa shape index (κ2) is 7.31. The summed E-state index contributed by atoms with van der Waals surface area (Å²) in [6, 6.07) is 14.9. The summed E-state index contributed by atoms with van der Waals surface area (Å²) in [4.78, 5) is 26.9. The van der Waals surface area contributed by atoms with Crippen molar-refractivity contribution in [3.05, 3.63) is 59.7 Å². The number of fused-ring (bicyclic) bond motifs is 1. The molecule has 6 nitrogen and oxygen atoms in total. The summed E-state index contributed by atoms with van der Waals surface area (Å²) in [5.74, 6) is 0.335. The molecule has 1 saturated heterocycles. The van der Waals surface area contributed by atoms with E-state index >= 15 is 0 Å². The minimum absolute atomic E-state index is 0.0610. The Hall–Kier alpha value is -3.02. The van der Waals surface area contributed by atoms with Gasteiger partial charge in [0.15, 0.2) is 11.5 Å². The zero-order valence-electron chi connectivity index (χ0n) is 15.1. The van der Waals surface area contributed by atoms with Gasteiger partial charge in [0.2, 0.25) is 5.91 Å². The third-order valence-corrected chi connectivity index (χ3v) is 5.04. The highest BCUT2D eigenvalue weighted by atomic mass is 16.6. The lowest BCUT2D eigenvalue weighted by Crippen LogP contribution is -2.30. The van der Waals surface area contributed by atoms with Gasteiger partial charge in [-0.1, -0.05) is 36.4 Å². The van der Waals surface area contributed by atoms with E-state index in [0.29, 0.717) is 31.3 Å². The minimum atomic E-state index is -0.547. The van der Waals surface area contributed by atoms with Crippen molar-refractivity contribution >= 4 is 11.9 Å². The summed E-state index contributed by atoms with van der Waals surface area (Å²) in [6.07, 6.45) is 0.138. The van der Waals surface area contributed by atoms with Gasteiger partial charge in [-0.3, -0.25) is 9.59 Å². The predicted octanol–water partition coefficient (Wildman–Crippen LogP) is 2.72. The zero-order valence-corrected chi connectivity index (χ0v) is 15.1. The molecule has 27 heavy (non-hydrogen) atoms. The molecule has 2 aliphatic heterocycles. The molecule has 2 aliphatic rings. The maximum Gasteiger partial charge on any atom is 0.311 e. The number of carbonyl (C=O) groups is 2. The van der Waals surface area contributed by atoms with Gasteiger partial charge in [0.25, 0.3) is 0 Å². The molecule has 0 saturated carbocycles. The van der Waals surface area contributed by atoms with E-state index in [1.165, 1.54) is 7.11 Å². The number of amides is 1. The number of methoxy groups -OCH3 is 1. The maximum atomic E-state index is 12.7. The van der Waals surface area contributed by atoms with Crippen molar-refractivity contribution in [2.24, 2.45) is 5.92 Å². The van der Waals surface area contributed by atoms with Crippen molar-refractivity contribution in [3.8, 4) is 11.5 Å². The minimum Gasteiger partial charge on any atom is -0.486 e. The molecule has 2 aromatic carbocycles. The number of nitrogens with zero attached hydrogens (tertiary/aromatic N) is 1. The molecule has 6 heteroatoms. The van der Waals surface area contributed by atoms with Gasteiger partial charge < -0.3 is 19.1 Å². The number of likely N-dealkylation sites (tertiary alicyclic amines) is 1. The second-order valence-corrected chi connectivity index (χ2v) is 6.69. The molecule has 140 valence electrons. The van der Waals surface area contributed by atoms with Crippen molar-refractivity contribution in [3.63, 3.8) is 0 Å². The average Bonchev–Trinajstić information content (AvgIpc) is 3.04. The number of esters is 1. The number of hydrogen-bond donors (Lipinski definition) is 0. The van der Waals surface area contributed by atoms with E-state index in [9.17, 15) is 9.59 Å². The van der Waals surface area contributed by atoms with Crippen LogP contribution in [-0.2, 0) is 20.9 Å². The van der Waals surface area contributed by atoms with Crippen LogP contribution in [0.4, 0.5) is 0 Å². The number of rotatable bonds is 4. The summed E-state index contributed by atoms with van der Waals surface area (Å²) in [5, 5.41) is 0. The van der Waals surface area contributed by atoms with E-state index in [0.717, 1.165) is 11.1 Å². The van der Waals surface area contributed by atoms with E-state index in [2.05, 4.69) is 0 Å². The molecule has 0 N–H and O–H groups in total. The number of carbonyl (C=O) groups excluding carboxylic acids is 2. The van der Waals surface area contributed by atoms with E-state index in [-0.39, 0.29) is 18.3 Å². The monoisotopic (exact) mass is 367 g/mol. The molecule has 0 radical (unpaired) electrons. The van der Waals surface area contributed by atoms with E-state index in [1.807, 2.05) is 48.5 Å². The third kappa shape index (κ3) is 3.35. The van der Waals surface area contributed by atoms with Crippen LogP contribution in [0.2, 0.25) is 0 Å². The van der Waals surface area contributed by atoms with Crippen molar-refractivity contribution in [1.29, 1.82) is 0 Å². The first kappa shape index (κ1) is 17.4. The molecule has 0 aliphatic carbocycles. The number of ether oxygens (including phenoxy) is 3. The van der Waals surface area contributed by atoms with Gasteiger partial charge in [-0.05, 0) is 23.3 Å². The highest BCUT2D eigenvalue weighted by Crippen LogP contribution is 2.42. The maximum absolute atomic E-state index is 12.7. The summed E-state index contributed by atoms with van der Waals surface area (Å²) in [7, 11) is 1.35. The summed E-state index contributed by atoms with van der Waals surface area (Å²) < 4.78 is 16.2. The Kier molecular flexibility index (Phi) is 4.71. The molecular formula is C21H21NO5. The molecule has 0 spiro atoms. The molecule has 1 fully saturated rings. The van der Waals surface area contributed by atoms with Gasteiger partial charge in [0.05, 0.1) is 19.1 Å². The SMILES string of the molecule is COC(=O)[C@@H]1CC(=O)N(Cc2ccccc2)C1c1ccc2c(c1)OCCO2. The number of benzene rings is 2. The first-order chi connectivity index (χ1) is 13.2. The molecule has 1 unspecified atom stereocenters. The van der Waals surface area contributed by atoms with Crippen molar-refractivity contribution in [2.75, 3.05) is 20.3 Å². The summed E-state index contributed by atoms with van der Waals surface area (Å²) in [6.45, 7) is 1.43. The fourth-order valence-electron chi connectivity index (χ4n) is 3.78. The van der Waals surface area contributed by atoms with Crippen molar-refractivity contribution in [2.45, 2.75) is 19.0 Å². The van der Waals surface area contributed by atoms with Crippen LogP contribution in [-0.4, -0.2) is 37.1 Å². The zero-order chi connectivity index (χ0) is 18.8. The largest absolute Gasteiger partial charge is 0.486 e. The topological polar surface area (TPSA) is 65.1 Å². The second-order valence-electron chi connectivity index (χ2n) is 6.69. The average molecular weight is 367 g/mol. The molecule has 0 bridgehead atoms. The van der Waals surface area contributed by atoms with Crippen LogP contribution in [0.3, 0.4) is 0 Å². The fraction of sp³-hybridized carbons (Fsp3) is 0.333. The molecular weight excluding hydrogens is 346 g/mol. The first-order valence-corrected chi connectivity index (χ1v) is 8.98. The van der Waals surface area contributed by atoms with Gasteiger partial charge in [0.1, 0.15) is 13.2 Å². The molecule has 0 aromatic heterocycles. The van der Waals surface area contributed by atoms with Crippen LogP contribution < -0.4 is 9.47 Å². The molecule has 1 amide bonds. The Morgan fingerprint density at radius 2 is 1.85 bits per heavy atom. The first-order valence-electron chi connectivity index (χ1n) is 8.98. The molecule has 2 atom stereocenters. The van der Waals surface area contributed by atoms with Crippen molar-refractivity contribution < 1.29 is 23.8 Å². The van der Waals surface area contributed by atoms with Gasteiger partial charge >= 0.3 is 5.97 Å². The van der Waals surface area contributed by atoms with Crippen LogP contribution in [0.25, 0.3) is 0 Å². The van der Waals surface area contributed by atoms with E-state index in [1.54, 1.807) is 4.90 Å². The van der Waals surface area contributed by atoms with Crippen LogP contribution >= 0.6 is 0 Å².